The molecule has 0 saturated carbocycles. The number of hydrogen-bond donors (Lipinski definition) is 1. The van der Waals surface area contributed by atoms with Crippen molar-refractivity contribution in [3.63, 3.8) is 0 Å². The Balaban J connectivity index is 1.69. The fourth-order valence-electron chi connectivity index (χ4n) is 4.08. The summed E-state index contributed by atoms with van der Waals surface area (Å²) in [5, 5.41) is 13.4. The summed E-state index contributed by atoms with van der Waals surface area (Å²) in [6.07, 6.45) is 2.36. The number of benzene rings is 2. The molecule has 1 saturated heterocycles. The van der Waals surface area contributed by atoms with E-state index in [-0.39, 0.29) is 17.4 Å². The van der Waals surface area contributed by atoms with Crippen molar-refractivity contribution >= 4 is 49.8 Å². The van der Waals surface area contributed by atoms with Crippen LogP contribution in [0.4, 0.5) is 5.13 Å². The molecule has 0 radical (unpaired) electrons. The first-order valence-electron chi connectivity index (χ1n) is 9.70. The molecule has 6 nitrogen and oxygen atoms in total. The van der Waals surface area contributed by atoms with Crippen molar-refractivity contribution in [3.8, 4) is 5.75 Å². The van der Waals surface area contributed by atoms with E-state index in [0.29, 0.717) is 16.3 Å². The topological polar surface area (TPSA) is 79.7 Å². The van der Waals surface area contributed by atoms with Gasteiger partial charge >= 0.3 is 5.91 Å². The summed E-state index contributed by atoms with van der Waals surface area (Å²) in [5.41, 5.74) is 2.19. The minimum absolute atomic E-state index is 0.0465. The molecule has 2 aliphatic rings. The summed E-state index contributed by atoms with van der Waals surface area (Å²) in [6.45, 7) is 1.98. The Morgan fingerprint density at radius 3 is 2.84 bits per heavy atom. The molecule has 2 aromatic carbocycles. The van der Waals surface area contributed by atoms with Crippen LogP contribution in [0.1, 0.15) is 29.7 Å². The zero-order chi connectivity index (χ0) is 21.7. The highest BCUT2D eigenvalue weighted by atomic mass is 79.9. The van der Waals surface area contributed by atoms with E-state index >= 15 is 0 Å². The number of aliphatic hydroxyl groups is 1. The predicted octanol–water partition coefficient (Wildman–Crippen LogP) is 4.86. The number of hydrogen-bond acceptors (Lipinski definition) is 6. The Kier molecular flexibility index (Phi) is 4.91. The summed E-state index contributed by atoms with van der Waals surface area (Å²) >= 11 is 4.72. The number of nitrogens with zero attached hydrogens (tertiary/aromatic N) is 2. The smallest absolute Gasteiger partial charge is 0.301 e. The minimum atomic E-state index is -0.785. The summed E-state index contributed by atoms with van der Waals surface area (Å²) < 4.78 is 6.54. The minimum Gasteiger partial charge on any atom is -0.507 e. The van der Waals surface area contributed by atoms with Gasteiger partial charge in [-0.3, -0.25) is 14.5 Å². The Morgan fingerprint density at radius 1 is 1.26 bits per heavy atom. The van der Waals surface area contributed by atoms with Crippen LogP contribution in [0, 0.1) is 0 Å². The number of aromatic nitrogens is 1. The molecule has 2 atom stereocenters. The first kappa shape index (κ1) is 20.0. The molecule has 3 aromatic rings. The molecule has 0 unspecified atom stereocenters. The number of fused-ring (bicyclic) bond motifs is 1. The van der Waals surface area contributed by atoms with Crippen LogP contribution in [0.15, 0.2) is 64.1 Å². The molecular formula is C23H17BrN2O4S. The SMILES string of the molecule is C[C@H]1Cc2cc(/C(O)=C3\C(=O)C(=O)N(c4nccs4)[C@H]3c3cccc(Br)c3)ccc2O1. The molecule has 1 amide bonds. The molecule has 1 fully saturated rings. The third-order valence-corrected chi connectivity index (χ3v) is 6.67. The maximum atomic E-state index is 13.1. The Bertz CT molecular complexity index is 1240. The van der Waals surface area contributed by atoms with Crippen LogP contribution in [-0.2, 0) is 16.0 Å². The van der Waals surface area contributed by atoms with E-state index in [1.54, 1.807) is 23.7 Å². The number of amides is 1. The molecule has 5 rings (SSSR count). The van der Waals surface area contributed by atoms with Crippen LogP contribution in [0.2, 0.25) is 0 Å². The summed E-state index contributed by atoms with van der Waals surface area (Å²) in [4.78, 5) is 31.7. The highest BCUT2D eigenvalue weighted by Crippen LogP contribution is 2.43. The van der Waals surface area contributed by atoms with E-state index in [1.807, 2.05) is 37.3 Å². The zero-order valence-electron chi connectivity index (χ0n) is 16.4. The number of halogens is 1. The number of aliphatic hydroxyl groups excluding tert-OH is 1. The number of rotatable bonds is 3. The van der Waals surface area contributed by atoms with Gasteiger partial charge in [0.2, 0.25) is 0 Å². The number of anilines is 1. The average Bonchev–Trinajstić information content (AvgIpc) is 3.45. The monoisotopic (exact) mass is 496 g/mol. The lowest BCUT2D eigenvalue weighted by Gasteiger charge is -2.23. The fraction of sp³-hybridized carbons (Fsp3) is 0.174. The summed E-state index contributed by atoms with van der Waals surface area (Å²) in [6, 6.07) is 11.9. The van der Waals surface area contributed by atoms with Gasteiger partial charge in [-0.15, -0.1) is 11.3 Å². The zero-order valence-corrected chi connectivity index (χ0v) is 18.8. The molecule has 0 spiro atoms. The Labute approximate surface area is 190 Å². The quantitative estimate of drug-likeness (QED) is 0.318. The first-order chi connectivity index (χ1) is 14.9. The molecule has 8 heteroatoms. The van der Waals surface area contributed by atoms with E-state index in [4.69, 9.17) is 4.74 Å². The van der Waals surface area contributed by atoms with Gasteiger partial charge < -0.3 is 9.84 Å². The third kappa shape index (κ3) is 3.36. The van der Waals surface area contributed by atoms with Crippen molar-refractivity contribution in [2.24, 2.45) is 0 Å². The number of ether oxygens (including phenoxy) is 1. The lowest BCUT2D eigenvalue weighted by Crippen LogP contribution is -2.29. The molecular weight excluding hydrogens is 480 g/mol. The fourth-order valence-corrected chi connectivity index (χ4v) is 5.17. The van der Waals surface area contributed by atoms with Gasteiger partial charge in [0, 0.05) is 28.0 Å². The lowest BCUT2D eigenvalue weighted by atomic mass is 9.94. The highest BCUT2D eigenvalue weighted by molar-refractivity contribution is 9.10. The molecule has 1 N–H and O–H groups in total. The van der Waals surface area contributed by atoms with Crippen LogP contribution in [0.3, 0.4) is 0 Å². The molecule has 0 bridgehead atoms. The normalized spacial score (nSPS) is 21.9. The average molecular weight is 497 g/mol. The van der Waals surface area contributed by atoms with Crippen LogP contribution >= 0.6 is 27.3 Å². The second-order valence-corrected chi connectivity index (χ2v) is 9.28. The maximum Gasteiger partial charge on any atom is 0.301 e. The standard InChI is InChI=1S/C23H17BrN2O4S/c1-12-9-15-10-14(5-6-17(15)30-12)20(27)18-19(13-3-2-4-16(24)11-13)26(22(29)21(18)28)23-25-7-8-31-23/h2-8,10-12,19,27H,9H2,1H3/b20-18+/t12-,19-/m0/s1. The Morgan fingerprint density at radius 2 is 2.10 bits per heavy atom. The van der Waals surface area contributed by atoms with Gasteiger partial charge in [0.15, 0.2) is 5.13 Å². The molecule has 3 heterocycles. The first-order valence-corrected chi connectivity index (χ1v) is 11.4. The molecule has 2 aliphatic heterocycles. The van der Waals surface area contributed by atoms with Gasteiger partial charge in [0.05, 0.1) is 11.6 Å². The molecule has 0 aliphatic carbocycles. The third-order valence-electron chi connectivity index (χ3n) is 5.40. The van der Waals surface area contributed by atoms with Crippen LogP contribution in [-0.4, -0.2) is 27.9 Å². The van der Waals surface area contributed by atoms with Gasteiger partial charge in [0.25, 0.3) is 5.78 Å². The number of carbonyl (C=O) groups is 2. The highest BCUT2D eigenvalue weighted by Gasteiger charge is 2.48. The van der Waals surface area contributed by atoms with Crippen molar-refractivity contribution in [2.45, 2.75) is 25.5 Å². The van der Waals surface area contributed by atoms with Crippen molar-refractivity contribution in [1.82, 2.24) is 4.98 Å². The number of thiazole rings is 1. The van der Waals surface area contributed by atoms with Crippen molar-refractivity contribution < 1.29 is 19.4 Å². The maximum absolute atomic E-state index is 13.1. The van der Waals surface area contributed by atoms with Crippen LogP contribution < -0.4 is 9.64 Å². The lowest BCUT2D eigenvalue weighted by molar-refractivity contribution is -0.132. The van der Waals surface area contributed by atoms with E-state index in [0.717, 1.165) is 22.2 Å². The van der Waals surface area contributed by atoms with E-state index in [2.05, 4.69) is 20.9 Å². The van der Waals surface area contributed by atoms with Crippen LogP contribution in [0.25, 0.3) is 5.76 Å². The number of carbonyl (C=O) groups excluding carboxylic acids is 2. The second-order valence-electron chi connectivity index (χ2n) is 7.49. The predicted molar refractivity (Wildman–Crippen MR) is 121 cm³/mol. The van der Waals surface area contributed by atoms with Crippen molar-refractivity contribution in [1.29, 1.82) is 0 Å². The molecule has 156 valence electrons. The van der Waals surface area contributed by atoms with E-state index in [1.165, 1.54) is 16.2 Å². The van der Waals surface area contributed by atoms with Crippen LogP contribution in [0.5, 0.6) is 5.75 Å². The van der Waals surface area contributed by atoms with Crippen molar-refractivity contribution in [3.05, 3.63) is 80.8 Å². The van der Waals surface area contributed by atoms with E-state index < -0.39 is 17.7 Å². The van der Waals surface area contributed by atoms with Gasteiger partial charge in [-0.05, 0) is 48.4 Å². The summed E-state index contributed by atoms with van der Waals surface area (Å²) in [7, 11) is 0. The Hall–Kier alpha value is -2.97. The summed E-state index contributed by atoms with van der Waals surface area (Å²) in [5.74, 6) is -0.872. The van der Waals surface area contributed by atoms with Gasteiger partial charge in [-0.1, -0.05) is 28.1 Å². The second kappa shape index (κ2) is 7.62. The van der Waals surface area contributed by atoms with E-state index in [9.17, 15) is 14.7 Å². The van der Waals surface area contributed by atoms with Gasteiger partial charge in [0.1, 0.15) is 17.6 Å². The number of ketones is 1. The van der Waals surface area contributed by atoms with Crippen molar-refractivity contribution in [2.75, 3.05) is 4.90 Å². The largest absolute Gasteiger partial charge is 0.507 e. The molecule has 31 heavy (non-hydrogen) atoms. The molecule has 1 aromatic heterocycles. The van der Waals surface area contributed by atoms with Gasteiger partial charge in [-0.25, -0.2) is 4.98 Å². The number of Topliss-reactive ketones (excluding diaryl/α,β-unsaturated/α-hetero) is 1. The van der Waals surface area contributed by atoms with Gasteiger partial charge in [-0.2, -0.15) is 0 Å².